The average Bonchev–Trinajstić information content (AvgIpc) is 2.45. The van der Waals surface area contributed by atoms with E-state index in [1.54, 1.807) is 6.20 Å². The number of nitrogens with zero attached hydrogens (tertiary/aromatic N) is 2. The van der Waals surface area contributed by atoms with Crippen molar-refractivity contribution in [3.63, 3.8) is 0 Å². The van der Waals surface area contributed by atoms with Crippen molar-refractivity contribution in [2.45, 2.75) is 33.1 Å². The van der Waals surface area contributed by atoms with Gasteiger partial charge in [0, 0.05) is 18.1 Å². The first kappa shape index (κ1) is 13.4. The first-order valence-electron chi connectivity index (χ1n) is 6.85. The minimum atomic E-state index is 0.620. The highest BCUT2D eigenvalue weighted by Crippen LogP contribution is 2.27. The topological polar surface area (TPSA) is 48.7 Å². The summed E-state index contributed by atoms with van der Waals surface area (Å²) in [5, 5.41) is 13.6. The molecule has 0 fully saturated rings. The zero-order valence-electron chi connectivity index (χ0n) is 11.5. The van der Waals surface area contributed by atoms with Gasteiger partial charge in [-0.3, -0.25) is 4.98 Å². The molecule has 1 heterocycles. The smallest absolute Gasteiger partial charge is 0.103 e. The van der Waals surface area contributed by atoms with Crippen LogP contribution in [0.1, 0.15) is 37.8 Å². The van der Waals surface area contributed by atoms with Crippen molar-refractivity contribution < 1.29 is 0 Å². The molecule has 0 aliphatic carbocycles. The van der Waals surface area contributed by atoms with Gasteiger partial charge in [0.15, 0.2) is 0 Å². The van der Waals surface area contributed by atoms with E-state index in [9.17, 15) is 5.26 Å². The Labute approximate surface area is 114 Å². The molecule has 19 heavy (non-hydrogen) atoms. The van der Waals surface area contributed by atoms with E-state index in [1.807, 2.05) is 6.07 Å². The first-order valence-corrected chi connectivity index (χ1v) is 6.85. The maximum Gasteiger partial charge on any atom is 0.103 e. The van der Waals surface area contributed by atoms with Crippen molar-refractivity contribution in [2.24, 2.45) is 0 Å². The van der Waals surface area contributed by atoms with Crippen molar-refractivity contribution >= 4 is 16.6 Å². The average molecular weight is 253 g/mol. The highest BCUT2D eigenvalue weighted by Gasteiger charge is 2.08. The van der Waals surface area contributed by atoms with Gasteiger partial charge in [-0.2, -0.15) is 5.26 Å². The summed E-state index contributed by atoms with van der Waals surface area (Å²) in [5.41, 5.74) is 3.78. The van der Waals surface area contributed by atoms with Crippen LogP contribution in [0.4, 0.5) is 5.69 Å². The van der Waals surface area contributed by atoms with Crippen LogP contribution in [0.5, 0.6) is 0 Å². The predicted molar refractivity (Wildman–Crippen MR) is 79.2 cm³/mol. The molecule has 2 aromatic rings. The second-order valence-corrected chi connectivity index (χ2v) is 4.69. The van der Waals surface area contributed by atoms with Gasteiger partial charge in [0.2, 0.25) is 0 Å². The Balaban J connectivity index is 2.57. The lowest BCUT2D eigenvalue weighted by molar-refractivity contribution is 0.923. The van der Waals surface area contributed by atoms with Gasteiger partial charge in [-0.25, -0.2) is 0 Å². The molecular formula is C16H19N3. The van der Waals surface area contributed by atoms with Crippen LogP contribution < -0.4 is 5.32 Å². The first-order chi connectivity index (χ1) is 9.30. The molecule has 3 heteroatoms. The number of hydrogen-bond donors (Lipinski definition) is 1. The molecule has 0 saturated heterocycles. The molecule has 0 saturated carbocycles. The normalized spacial score (nSPS) is 10.4. The Kier molecular flexibility index (Phi) is 4.35. The lowest BCUT2D eigenvalue weighted by atomic mass is 10.0. The zero-order chi connectivity index (χ0) is 13.7. The maximum absolute atomic E-state index is 9.22. The fraction of sp³-hybridized carbons (Fsp3) is 0.375. The molecule has 3 nitrogen and oxygen atoms in total. The summed E-state index contributed by atoms with van der Waals surface area (Å²) in [6.07, 6.45) is 4.86. The molecule has 1 aromatic heterocycles. The molecule has 0 radical (unpaired) electrons. The molecule has 98 valence electrons. The highest BCUT2D eigenvalue weighted by molar-refractivity contribution is 5.94. The van der Waals surface area contributed by atoms with Gasteiger partial charge in [0.1, 0.15) is 6.07 Å². The number of rotatable bonds is 5. The Hall–Kier alpha value is -2.08. The van der Waals surface area contributed by atoms with Gasteiger partial charge >= 0.3 is 0 Å². The SMILES string of the molecule is CCCNc1c(C#N)cnc2ccc(CCC)cc12. The summed E-state index contributed by atoms with van der Waals surface area (Å²) in [6.45, 7) is 5.15. The number of nitriles is 1. The van der Waals surface area contributed by atoms with Gasteiger partial charge in [-0.1, -0.05) is 26.3 Å². The maximum atomic E-state index is 9.22. The number of nitrogens with one attached hydrogen (secondary N) is 1. The number of aryl methyl sites for hydroxylation is 1. The third kappa shape index (κ3) is 2.85. The molecule has 1 N–H and O–H groups in total. The van der Waals surface area contributed by atoms with E-state index in [0.717, 1.165) is 42.4 Å². The van der Waals surface area contributed by atoms with Crippen LogP contribution in [0.2, 0.25) is 0 Å². The van der Waals surface area contributed by atoms with Crippen LogP contribution in [0.15, 0.2) is 24.4 Å². The standard InChI is InChI=1S/C16H19N3/c1-3-5-12-6-7-15-14(9-12)16(18-8-4-2)13(10-17)11-19-15/h6-7,9,11H,3-5,8H2,1-2H3,(H,18,19). The van der Waals surface area contributed by atoms with Crippen molar-refractivity contribution in [3.05, 3.63) is 35.5 Å². The van der Waals surface area contributed by atoms with Crippen LogP contribution in [-0.2, 0) is 6.42 Å². The predicted octanol–water partition coefficient (Wildman–Crippen LogP) is 3.88. The summed E-state index contributed by atoms with van der Waals surface area (Å²) in [5.74, 6) is 0. The van der Waals surface area contributed by atoms with E-state index >= 15 is 0 Å². The number of benzene rings is 1. The van der Waals surface area contributed by atoms with Crippen LogP contribution in [-0.4, -0.2) is 11.5 Å². The largest absolute Gasteiger partial charge is 0.383 e. The van der Waals surface area contributed by atoms with E-state index in [-0.39, 0.29) is 0 Å². The van der Waals surface area contributed by atoms with Gasteiger partial charge in [0.05, 0.1) is 16.8 Å². The third-order valence-electron chi connectivity index (χ3n) is 3.14. The van der Waals surface area contributed by atoms with Crippen molar-refractivity contribution in [2.75, 3.05) is 11.9 Å². The summed E-state index contributed by atoms with van der Waals surface area (Å²) in [4.78, 5) is 4.36. The number of aromatic nitrogens is 1. The fourth-order valence-electron chi connectivity index (χ4n) is 2.21. The summed E-state index contributed by atoms with van der Waals surface area (Å²) in [6, 6.07) is 8.54. The number of anilines is 1. The van der Waals surface area contributed by atoms with Crippen LogP contribution in [0, 0.1) is 11.3 Å². The summed E-state index contributed by atoms with van der Waals surface area (Å²) >= 11 is 0. The molecular weight excluding hydrogens is 234 g/mol. The van der Waals surface area contributed by atoms with Crippen molar-refractivity contribution in [1.29, 1.82) is 5.26 Å². The Morgan fingerprint density at radius 3 is 2.79 bits per heavy atom. The lowest BCUT2D eigenvalue weighted by Crippen LogP contribution is -2.03. The third-order valence-corrected chi connectivity index (χ3v) is 3.14. The molecule has 0 amide bonds. The molecule has 0 atom stereocenters. The Morgan fingerprint density at radius 2 is 2.11 bits per heavy atom. The molecule has 0 bridgehead atoms. The van der Waals surface area contributed by atoms with E-state index < -0.39 is 0 Å². The second kappa shape index (κ2) is 6.19. The summed E-state index contributed by atoms with van der Waals surface area (Å²) < 4.78 is 0. The molecule has 2 rings (SSSR count). The van der Waals surface area contributed by atoms with Crippen molar-refractivity contribution in [3.8, 4) is 6.07 Å². The van der Waals surface area contributed by atoms with Crippen LogP contribution in [0.25, 0.3) is 10.9 Å². The minimum Gasteiger partial charge on any atom is -0.383 e. The van der Waals surface area contributed by atoms with Gasteiger partial charge < -0.3 is 5.32 Å². The highest BCUT2D eigenvalue weighted by atomic mass is 14.9. The quantitative estimate of drug-likeness (QED) is 0.879. The Bertz CT molecular complexity index is 611. The van der Waals surface area contributed by atoms with Crippen LogP contribution >= 0.6 is 0 Å². The zero-order valence-corrected chi connectivity index (χ0v) is 11.5. The molecule has 0 unspecified atom stereocenters. The molecule has 0 spiro atoms. The lowest BCUT2D eigenvalue weighted by Gasteiger charge is -2.11. The number of hydrogen-bond acceptors (Lipinski definition) is 3. The second-order valence-electron chi connectivity index (χ2n) is 4.69. The monoisotopic (exact) mass is 253 g/mol. The summed E-state index contributed by atoms with van der Waals surface area (Å²) in [7, 11) is 0. The van der Waals surface area contributed by atoms with E-state index in [2.05, 4.69) is 42.4 Å². The van der Waals surface area contributed by atoms with E-state index in [4.69, 9.17) is 0 Å². The van der Waals surface area contributed by atoms with Crippen LogP contribution in [0.3, 0.4) is 0 Å². The van der Waals surface area contributed by atoms with Crippen molar-refractivity contribution in [1.82, 2.24) is 4.98 Å². The van der Waals surface area contributed by atoms with E-state index in [0.29, 0.717) is 5.56 Å². The molecule has 0 aliphatic rings. The molecule has 1 aromatic carbocycles. The fourth-order valence-corrected chi connectivity index (χ4v) is 2.21. The number of fused-ring (bicyclic) bond motifs is 1. The Morgan fingerprint density at radius 1 is 1.26 bits per heavy atom. The van der Waals surface area contributed by atoms with E-state index in [1.165, 1.54) is 5.56 Å². The van der Waals surface area contributed by atoms with Gasteiger partial charge in [0.25, 0.3) is 0 Å². The number of pyridine rings is 1. The van der Waals surface area contributed by atoms with Gasteiger partial charge in [-0.05, 0) is 30.5 Å². The van der Waals surface area contributed by atoms with Gasteiger partial charge in [-0.15, -0.1) is 0 Å². The minimum absolute atomic E-state index is 0.620. The molecule has 0 aliphatic heterocycles.